The van der Waals surface area contributed by atoms with Crippen molar-refractivity contribution in [1.29, 1.82) is 0 Å². The highest BCUT2D eigenvalue weighted by Gasteiger charge is 2.62. The number of nitrogens with one attached hydrogen (secondary N) is 1. The van der Waals surface area contributed by atoms with Crippen LogP contribution in [0.25, 0.3) is 0 Å². The van der Waals surface area contributed by atoms with Crippen molar-refractivity contribution in [3.63, 3.8) is 0 Å². The van der Waals surface area contributed by atoms with Crippen LogP contribution in [0.15, 0.2) is 0 Å². The van der Waals surface area contributed by atoms with Gasteiger partial charge in [0.2, 0.25) is 5.91 Å². The largest absolute Gasteiger partial charge is 0.346 e. The summed E-state index contributed by atoms with van der Waals surface area (Å²) in [6.07, 6.45) is 7.62. The number of carbonyl (C=O) groups is 3. The molecule has 4 rings (SSSR count). The van der Waals surface area contributed by atoms with E-state index in [4.69, 9.17) is 0 Å². The van der Waals surface area contributed by atoms with Crippen LogP contribution in [-0.4, -0.2) is 23.5 Å². The van der Waals surface area contributed by atoms with Crippen molar-refractivity contribution < 1.29 is 14.4 Å². The summed E-state index contributed by atoms with van der Waals surface area (Å²) < 4.78 is 0. The number of fused-ring (bicyclic) bond motifs is 5. The fourth-order valence-corrected chi connectivity index (χ4v) is 7.29. The molecule has 4 fully saturated rings. The van der Waals surface area contributed by atoms with Crippen molar-refractivity contribution in [2.75, 3.05) is 0 Å². The van der Waals surface area contributed by atoms with E-state index >= 15 is 0 Å². The third kappa shape index (κ3) is 2.43. The van der Waals surface area contributed by atoms with Gasteiger partial charge < -0.3 is 5.32 Å². The van der Waals surface area contributed by atoms with Crippen LogP contribution in [0.1, 0.15) is 72.1 Å². The molecule has 0 aromatic rings. The molecule has 25 heavy (non-hydrogen) atoms. The number of Topliss-reactive ketones (excluding diaryl/α,β-unsaturated/α-hetero) is 2. The molecule has 0 aromatic carbocycles. The van der Waals surface area contributed by atoms with Gasteiger partial charge in [-0.2, -0.15) is 0 Å². The Bertz CT molecular complexity index is 629. The molecule has 4 aliphatic rings. The van der Waals surface area contributed by atoms with Crippen LogP contribution in [0, 0.1) is 34.5 Å². The first-order chi connectivity index (χ1) is 11.8. The van der Waals surface area contributed by atoms with Gasteiger partial charge in [-0.3, -0.25) is 14.4 Å². The molecular formula is C21H31NO3. The lowest BCUT2D eigenvalue weighted by molar-refractivity contribution is -0.139. The monoisotopic (exact) mass is 345 g/mol. The Kier molecular flexibility index (Phi) is 3.90. The highest BCUT2D eigenvalue weighted by atomic mass is 16.2. The lowest BCUT2D eigenvalue weighted by Gasteiger charge is -2.60. The summed E-state index contributed by atoms with van der Waals surface area (Å²) in [5.41, 5.74) is 0.185. The van der Waals surface area contributed by atoms with E-state index < -0.39 is 0 Å². The summed E-state index contributed by atoms with van der Waals surface area (Å²) in [6, 6.07) is -0.297. The molecule has 4 aliphatic carbocycles. The molecule has 0 radical (unpaired) electrons. The van der Waals surface area contributed by atoms with Gasteiger partial charge in [0.25, 0.3) is 0 Å². The van der Waals surface area contributed by atoms with Gasteiger partial charge in [0.1, 0.15) is 5.78 Å². The van der Waals surface area contributed by atoms with Crippen LogP contribution in [-0.2, 0) is 14.4 Å². The van der Waals surface area contributed by atoms with E-state index in [1.165, 1.54) is 6.92 Å². The fourth-order valence-electron chi connectivity index (χ4n) is 7.29. The molecule has 4 heteroatoms. The van der Waals surface area contributed by atoms with Crippen LogP contribution in [0.2, 0.25) is 0 Å². The Morgan fingerprint density at radius 2 is 1.76 bits per heavy atom. The van der Waals surface area contributed by atoms with Gasteiger partial charge in [0.15, 0.2) is 5.78 Å². The lowest BCUT2D eigenvalue weighted by Crippen LogP contribution is -2.56. The Hall–Kier alpha value is -1.19. The van der Waals surface area contributed by atoms with Gasteiger partial charge in [-0.05, 0) is 66.6 Å². The van der Waals surface area contributed by atoms with Crippen LogP contribution >= 0.6 is 0 Å². The Morgan fingerprint density at radius 3 is 2.48 bits per heavy atom. The maximum absolute atomic E-state index is 12.7. The topological polar surface area (TPSA) is 63.2 Å². The van der Waals surface area contributed by atoms with E-state index in [2.05, 4.69) is 19.2 Å². The highest BCUT2D eigenvalue weighted by molar-refractivity contribution is 5.91. The second kappa shape index (κ2) is 5.65. The zero-order chi connectivity index (χ0) is 18.0. The number of ketones is 2. The van der Waals surface area contributed by atoms with E-state index in [9.17, 15) is 14.4 Å². The Morgan fingerprint density at radius 1 is 1.00 bits per heavy atom. The van der Waals surface area contributed by atoms with Crippen molar-refractivity contribution >= 4 is 17.5 Å². The molecule has 4 saturated carbocycles. The van der Waals surface area contributed by atoms with Gasteiger partial charge in [0, 0.05) is 26.2 Å². The number of carbonyl (C=O) groups excluding carboxylic acids is 3. The van der Waals surface area contributed by atoms with E-state index in [0.29, 0.717) is 35.9 Å². The van der Waals surface area contributed by atoms with Gasteiger partial charge in [-0.15, -0.1) is 0 Å². The fraction of sp³-hybridized carbons (Fsp3) is 0.857. The van der Waals surface area contributed by atoms with Gasteiger partial charge in [-0.25, -0.2) is 0 Å². The van der Waals surface area contributed by atoms with Crippen molar-refractivity contribution in [2.45, 2.75) is 78.2 Å². The first-order valence-electron chi connectivity index (χ1n) is 10.1. The number of hydrogen-bond donors (Lipinski definition) is 1. The third-order valence-electron chi connectivity index (χ3n) is 8.67. The van der Waals surface area contributed by atoms with Crippen LogP contribution in [0.3, 0.4) is 0 Å². The predicted octanol–water partition coefficient (Wildman–Crippen LogP) is 3.28. The van der Waals surface area contributed by atoms with Crippen LogP contribution < -0.4 is 5.32 Å². The molecule has 0 spiro atoms. The summed E-state index contributed by atoms with van der Waals surface area (Å²) in [7, 11) is 0. The minimum atomic E-state index is -0.297. The molecule has 7 atom stereocenters. The normalized spacial score (nSPS) is 49.2. The maximum Gasteiger partial charge on any atom is 0.217 e. The van der Waals surface area contributed by atoms with E-state index in [-0.39, 0.29) is 28.6 Å². The van der Waals surface area contributed by atoms with Crippen molar-refractivity contribution in [1.82, 2.24) is 5.32 Å². The molecule has 0 saturated heterocycles. The summed E-state index contributed by atoms with van der Waals surface area (Å²) >= 11 is 0. The lowest BCUT2D eigenvalue weighted by atomic mass is 9.45. The average Bonchev–Trinajstić information content (AvgIpc) is 2.79. The van der Waals surface area contributed by atoms with E-state index in [1.807, 2.05) is 0 Å². The van der Waals surface area contributed by atoms with Crippen LogP contribution in [0.5, 0.6) is 0 Å². The second-order valence-corrected chi connectivity index (χ2v) is 9.75. The summed E-state index contributed by atoms with van der Waals surface area (Å²) in [6.45, 7) is 6.17. The molecule has 1 N–H and O–H groups in total. The first kappa shape index (κ1) is 17.2. The van der Waals surface area contributed by atoms with Gasteiger partial charge >= 0.3 is 0 Å². The van der Waals surface area contributed by atoms with Crippen molar-refractivity contribution in [3.05, 3.63) is 0 Å². The standard InChI is InChI=1S/C21H31NO3/c1-12(23)22-19-18(25)11-17-15-5-4-13-10-14(24)6-8-20(13,2)16(15)7-9-21(17,19)3/h13,15-17,19H,4-11H2,1-3H3,(H,22,23)/t13?,15-,16-,17+,19?,20+,21+/m1/s1. The molecular weight excluding hydrogens is 314 g/mol. The Balaban J connectivity index is 1.62. The zero-order valence-electron chi connectivity index (χ0n) is 15.8. The molecule has 4 nitrogen and oxygen atoms in total. The van der Waals surface area contributed by atoms with Gasteiger partial charge in [-0.1, -0.05) is 13.8 Å². The number of rotatable bonds is 1. The molecule has 0 aromatic heterocycles. The van der Waals surface area contributed by atoms with Gasteiger partial charge in [0.05, 0.1) is 6.04 Å². The summed E-state index contributed by atoms with van der Waals surface area (Å²) in [4.78, 5) is 36.3. The molecule has 0 heterocycles. The first-order valence-corrected chi connectivity index (χ1v) is 10.1. The number of hydrogen-bond acceptors (Lipinski definition) is 3. The Labute approximate surface area is 150 Å². The van der Waals surface area contributed by atoms with Crippen molar-refractivity contribution in [3.8, 4) is 0 Å². The second-order valence-electron chi connectivity index (χ2n) is 9.75. The molecule has 138 valence electrons. The molecule has 0 aliphatic heterocycles. The van der Waals surface area contributed by atoms with Crippen LogP contribution in [0.4, 0.5) is 0 Å². The highest BCUT2D eigenvalue weighted by Crippen LogP contribution is 2.65. The zero-order valence-corrected chi connectivity index (χ0v) is 15.8. The molecule has 1 amide bonds. The maximum atomic E-state index is 12.7. The minimum absolute atomic E-state index is 0.0857. The quantitative estimate of drug-likeness (QED) is 0.793. The molecule has 2 unspecified atom stereocenters. The minimum Gasteiger partial charge on any atom is -0.346 e. The number of amides is 1. The molecule has 0 bridgehead atoms. The smallest absolute Gasteiger partial charge is 0.217 e. The summed E-state index contributed by atoms with van der Waals surface area (Å²) in [5, 5.41) is 2.97. The van der Waals surface area contributed by atoms with Crippen molar-refractivity contribution in [2.24, 2.45) is 34.5 Å². The van der Waals surface area contributed by atoms with E-state index in [1.54, 1.807) is 0 Å². The summed E-state index contributed by atoms with van der Waals surface area (Å²) in [5.74, 6) is 2.74. The average molecular weight is 345 g/mol. The predicted molar refractivity (Wildman–Crippen MR) is 94.7 cm³/mol. The third-order valence-corrected chi connectivity index (χ3v) is 8.67. The van der Waals surface area contributed by atoms with E-state index in [0.717, 1.165) is 44.9 Å². The SMILES string of the molecule is CC(=O)NC1C(=O)C[C@H]2[C@@H]3CCC4CC(=O)CC[C@]4(C)[C@@H]3CC[C@]12C.